The van der Waals surface area contributed by atoms with Crippen LogP contribution in [0.2, 0.25) is 5.02 Å². The van der Waals surface area contributed by atoms with Crippen molar-refractivity contribution in [2.75, 3.05) is 6.61 Å². The standard InChI is InChI=1S/C12H13BrClNO2/c13-10-6-8(14)2-3-9(10)11(17)15-12(7-16)4-1-5-12/h2-3,6,16H,1,4-5,7H2,(H,15,17). The fourth-order valence-electron chi connectivity index (χ4n) is 1.91. The van der Waals surface area contributed by atoms with Crippen LogP contribution in [0.25, 0.3) is 0 Å². The third kappa shape index (κ3) is 2.64. The van der Waals surface area contributed by atoms with Gasteiger partial charge in [0.1, 0.15) is 0 Å². The monoisotopic (exact) mass is 317 g/mol. The number of hydrogen-bond acceptors (Lipinski definition) is 2. The van der Waals surface area contributed by atoms with Gasteiger partial charge in [-0.25, -0.2) is 0 Å². The number of nitrogens with one attached hydrogen (secondary N) is 1. The van der Waals surface area contributed by atoms with Gasteiger partial charge in [-0.15, -0.1) is 0 Å². The van der Waals surface area contributed by atoms with Gasteiger partial charge in [0.15, 0.2) is 0 Å². The fourth-order valence-corrected chi connectivity index (χ4v) is 2.77. The normalized spacial score (nSPS) is 17.4. The molecule has 1 saturated carbocycles. The number of halogens is 2. The molecule has 0 saturated heterocycles. The van der Waals surface area contributed by atoms with Gasteiger partial charge < -0.3 is 10.4 Å². The quantitative estimate of drug-likeness (QED) is 0.900. The van der Waals surface area contributed by atoms with Crippen LogP contribution in [0.3, 0.4) is 0 Å². The Hall–Kier alpha value is -0.580. The maximum atomic E-state index is 12.0. The first kappa shape index (κ1) is 12.9. The molecule has 0 atom stereocenters. The summed E-state index contributed by atoms with van der Waals surface area (Å²) in [5.74, 6) is -0.178. The largest absolute Gasteiger partial charge is 0.394 e. The van der Waals surface area contributed by atoms with Gasteiger partial charge in [0.25, 0.3) is 5.91 Å². The highest BCUT2D eigenvalue weighted by Gasteiger charge is 2.38. The van der Waals surface area contributed by atoms with E-state index in [1.807, 2.05) is 0 Å². The minimum Gasteiger partial charge on any atom is -0.394 e. The molecule has 1 aliphatic rings. The highest BCUT2D eigenvalue weighted by atomic mass is 79.9. The van der Waals surface area contributed by atoms with Crippen LogP contribution in [-0.2, 0) is 0 Å². The maximum absolute atomic E-state index is 12.0. The Morgan fingerprint density at radius 1 is 1.53 bits per heavy atom. The number of rotatable bonds is 3. The first-order valence-electron chi connectivity index (χ1n) is 5.45. The lowest BCUT2D eigenvalue weighted by Gasteiger charge is -2.41. The molecule has 2 rings (SSSR count). The van der Waals surface area contributed by atoms with Crippen LogP contribution in [0, 0.1) is 0 Å². The molecule has 0 spiro atoms. The zero-order chi connectivity index (χ0) is 12.5. The van der Waals surface area contributed by atoms with Crippen molar-refractivity contribution in [3.05, 3.63) is 33.3 Å². The Kier molecular flexibility index (Phi) is 3.76. The number of amides is 1. The molecule has 3 nitrogen and oxygen atoms in total. The molecular weight excluding hydrogens is 305 g/mol. The molecule has 1 aromatic rings. The van der Waals surface area contributed by atoms with Crippen LogP contribution >= 0.6 is 27.5 Å². The minimum absolute atomic E-state index is 0.00997. The number of aliphatic hydroxyl groups excluding tert-OH is 1. The van der Waals surface area contributed by atoms with Crippen molar-refractivity contribution in [3.8, 4) is 0 Å². The Bertz CT molecular complexity index is 441. The maximum Gasteiger partial charge on any atom is 0.252 e. The van der Waals surface area contributed by atoms with E-state index >= 15 is 0 Å². The van der Waals surface area contributed by atoms with Crippen molar-refractivity contribution in [1.82, 2.24) is 5.32 Å². The second-order valence-electron chi connectivity index (χ2n) is 4.37. The van der Waals surface area contributed by atoms with Gasteiger partial charge in [-0.3, -0.25) is 4.79 Å². The van der Waals surface area contributed by atoms with E-state index in [2.05, 4.69) is 21.2 Å². The molecule has 1 amide bonds. The second kappa shape index (κ2) is 4.96. The highest BCUT2D eigenvalue weighted by molar-refractivity contribution is 9.10. The molecule has 0 heterocycles. The summed E-state index contributed by atoms with van der Waals surface area (Å²) >= 11 is 9.13. The van der Waals surface area contributed by atoms with Crippen LogP contribution in [0.5, 0.6) is 0 Å². The third-order valence-electron chi connectivity index (χ3n) is 3.17. The van der Waals surface area contributed by atoms with Crippen LogP contribution in [-0.4, -0.2) is 23.2 Å². The predicted octanol–water partition coefficient (Wildman–Crippen LogP) is 2.75. The molecular formula is C12H13BrClNO2. The Labute approximate surface area is 113 Å². The molecule has 92 valence electrons. The van der Waals surface area contributed by atoms with Gasteiger partial charge in [0.2, 0.25) is 0 Å². The van der Waals surface area contributed by atoms with E-state index in [-0.39, 0.29) is 12.5 Å². The van der Waals surface area contributed by atoms with Crippen molar-refractivity contribution in [1.29, 1.82) is 0 Å². The van der Waals surface area contributed by atoms with E-state index in [0.717, 1.165) is 19.3 Å². The van der Waals surface area contributed by atoms with E-state index in [4.69, 9.17) is 11.6 Å². The molecule has 0 aromatic heterocycles. The molecule has 0 radical (unpaired) electrons. The number of hydrogen-bond donors (Lipinski definition) is 2. The van der Waals surface area contributed by atoms with Crippen LogP contribution in [0.1, 0.15) is 29.6 Å². The molecule has 5 heteroatoms. The lowest BCUT2D eigenvalue weighted by molar-refractivity contribution is 0.0641. The van der Waals surface area contributed by atoms with Crippen LogP contribution < -0.4 is 5.32 Å². The van der Waals surface area contributed by atoms with Gasteiger partial charge in [-0.05, 0) is 53.4 Å². The van der Waals surface area contributed by atoms with E-state index in [9.17, 15) is 9.90 Å². The summed E-state index contributed by atoms with van der Waals surface area (Å²) < 4.78 is 0.662. The zero-order valence-corrected chi connectivity index (χ0v) is 11.5. The average molecular weight is 319 g/mol. The summed E-state index contributed by atoms with van der Waals surface area (Å²) in [4.78, 5) is 12.0. The van der Waals surface area contributed by atoms with E-state index in [1.54, 1.807) is 18.2 Å². The predicted molar refractivity (Wildman–Crippen MR) is 70.3 cm³/mol. The molecule has 1 aliphatic carbocycles. The van der Waals surface area contributed by atoms with Gasteiger partial charge in [-0.2, -0.15) is 0 Å². The Balaban J connectivity index is 2.14. The molecule has 0 aliphatic heterocycles. The van der Waals surface area contributed by atoms with Crippen LogP contribution in [0.4, 0.5) is 0 Å². The number of carbonyl (C=O) groups is 1. The fraction of sp³-hybridized carbons (Fsp3) is 0.417. The molecule has 1 aromatic carbocycles. The van der Waals surface area contributed by atoms with Gasteiger partial charge in [0, 0.05) is 9.50 Å². The summed E-state index contributed by atoms with van der Waals surface area (Å²) in [6.07, 6.45) is 2.71. The third-order valence-corrected chi connectivity index (χ3v) is 4.06. The molecule has 1 fully saturated rings. The summed E-state index contributed by atoms with van der Waals surface area (Å²) in [6, 6.07) is 5.03. The summed E-state index contributed by atoms with van der Waals surface area (Å²) in [5, 5.41) is 12.8. The number of aliphatic hydroxyl groups is 1. The van der Waals surface area contributed by atoms with Gasteiger partial charge in [-0.1, -0.05) is 11.6 Å². The van der Waals surface area contributed by atoms with Crippen LogP contribution in [0.15, 0.2) is 22.7 Å². The molecule has 2 N–H and O–H groups in total. The molecule has 0 unspecified atom stereocenters. The topological polar surface area (TPSA) is 49.3 Å². The Morgan fingerprint density at radius 2 is 2.24 bits per heavy atom. The molecule has 17 heavy (non-hydrogen) atoms. The molecule has 0 bridgehead atoms. The highest BCUT2D eigenvalue weighted by Crippen LogP contribution is 2.32. The van der Waals surface area contributed by atoms with Gasteiger partial charge >= 0.3 is 0 Å². The lowest BCUT2D eigenvalue weighted by Crippen LogP contribution is -2.56. The van der Waals surface area contributed by atoms with Crippen molar-refractivity contribution in [2.45, 2.75) is 24.8 Å². The first-order chi connectivity index (χ1) is 8.06. The first-order valence-corrected chi connectivity index (χ1v) is 6.62. The summed E-state index contributed by atoms with van der Waals surface area (Å²) in [7, 11) is 0. The van der Waals surface area contributed by atoms with Crippen molar-refractivity contribution in [2.24, 2.45) is 0 Å². The van der Waals surface area contributed by atoms with Crippen molar-refractivity contribution < 1.29 is 9.90 Å². The smallest absolute Gasteiger partial charge is 0.252 e. The minimum atomic E-state index is -0.420. The number of benzene rings is 1. The SMILES string of the molecule is O=C(NC1(CO)CCC1)c1ccc(Cl)cc1Br. The summed E-state index contributed by atoms with van der Waals surface area (Å²) in [5.41, 5.74) is 0.116. The van der Waals surface area contributed by atoms with E-state index < -0.39 is 5.54 Å². The Morgan fingerprint density at radius 3 is 2.71 bits per heavy atom. The van der Waals surface area contributed by atoms with E-state index in [0.29, 0.717) is 15.1 Å². The second-order valence-corrected chi connectivity index (χ2v) is 5.66. The summed E-state index contributed by atoms with van der Waals surface area (Å²) in [6.45, 7) is -0.00997. The lowest BCUT2D eigenvalue weighted by atomic mass is 9.77. The average Bonchev–Trinajstić information content (AvgIpc) is 2.23. The zero-order valence-electron chi connectivity index (χ0n) is 9.17. The van der Waals surface area contributed by atoms with Crippen molar-refractivity contribution >= 4 is 33.4 Å². The van der Waals surface area contributed by atoms with E-state index in [1.165, 1.54) is 0 Å². The van der Waals surface area contributed by atoms with Crippen molar-refractivity contribution in [3.63, 3.8) is 0 Å². The number of carbonyl (C=O) groups excluding carboxylic acids is 1. The van der Waals surface area contributed by atoms with Gasteiger partial charge in [0.05, 0.1) is 17.7 Å².